The Morgan fingerprint density at radius 3 is 2.47 bits per heavy atom. The van der Waals surface area contributed by atoms with Gasteiger partial charge in [-0.1, -0.05) is 23.8 Å². The van der Waals surface area contributed by atoms with Crippen molar-refractivity contribution in [3.63, 3.8) is 0 Å². The van der Waals surface area contributed by atoms with Crippen LogP contribution in [0.3, 0.4) is 0 Å². The van der Waals surface area contributed by atoms with Crippen molar-refractivity contribution in [2.75, 3.05) is 0 Å². The fourth-order valence-electron chi connectivity index (χ4n) is 2.09. The van der Waals surface area contributed by atoms with Gasteiger partial charge in [0.1, 0.15) is 0 Å². The van der Waals surface area contributed by atoms with E-state index in [1.165, 1.54) is 16.7 Å². The summed E-state index contributed by atoms with van der Waals surface area (Å²) < 4.78 is 0.944. The lowest BCUT2D eigenvalue weighted by Gasteiger charge is -2.14. The first kappa shape index (κ1) is 13.9. The van der Waals surface area contributed by atoms with Crippen molar-refractivity contribution in [3.05, 3.63) is 64.0 Å². The number of rotatable bonds is 3. The maximum Gasteiger partial charge on any atom is 0.252 e. The van der Waals surface area contributed by atoms with Crippen LogP contribution in [0.4, 0.5) is 0 Å². The van der Waals surface area contributed by atoms with Crippen LogP contribution >= 0.6 is 11.8 Å². The van der Waals surface area contributed by atoms with Crippen LogP contribution in [-0.2, 0) is 0 Å². The predicted octanol–water partition coefficient (Wildman–Crippen LogP) is 4.10. The molecule has 0 fully saturated rings. The summed E-state index contributed by atoms with van der Waals surface area (Å²) in [6, 6.07) is 10.2. The molecule has 1 aromatic heterocycles. The molecule has 0 bridgehead atoms. The minimum atomic E-state index is 0.266. The highest BCUT2D eigenvalue weighted by Gasteiger charge is 2.15. The van der Waals surface area contributed by atoms with E-state index < -0.39 is 0 Å². The molecule has 19 heavy (non-hydrogen) atoms. The van der Waals surface area contributed by atoms with E-state index in [0.717, 1.165) is 15.3 Å². The van der Waals surface area contributed by atoms with Gasteiger partial charge < -0.3 is 5.21 Å². The molecule has 0 aliphatic rings. The second-order valence-electron chi connectivity index (χ2n) is 4.99. The van der Waals surface area contributed by atoms with Crippen LogP contribution in [0.2, 0.25) is 0 Å². The van der Waals surface area contributed by atoms with Crippen LogP contribution in [0, 0.1) is 26.0 Å². The molecule has 2 aromatic rings. The van der Waals surface area contributed by atoms with Gasteiger partial charge in [0.05, 0.1) is 0 Å². The number of pyridine rings is 1. The van der Waals surface area contributed by atoms with Crippen LogP contribution in [0.1, 0.15) is 34.4 Å². The third-order valence-electron chi connectivity index (χ3n) is 3.21. The Hall–Kier alpha value is -1.48. The van der Waals surface area contributed by atoms with Gasteiger partial charge in [0, 0.05) is 17.4 Å². The van der Waals surface area contributed by atoms with Gasteiger partial charge in [-0.25, -0.2) is 0 Å². The maximum absolute atomic E-state index is 11.8. The first-order valence-corrected chi connectivity index (χ1v) is 7.29. The van der Waals surface area contributed by atoms with Crippen molar-refractivity contribution in [3.8, 4) is 0 Å². The summed E-state index contributed by atoms with van der Waals surface area (Å²) in [4.78, 5) is 0. The Balaban J connectivity index is 2.27. The zero-order valence-electron chi connectivity index (χ0n) is 11.8. The van der Waals surface area contributed by atoms with Crippen molar-refractivity contribution in [2.45, 2.75) is 38.0 Å². The summed E-state index contributed by atoms with van der Waals surface area (Å²) >= 11 is 1.61. The van der Waals surface area contributed by atoms with E-state index in [4.69, 9.17) is 0 Å². The van der Waals surface area contributed by atoms with Gasteiger partial charge >= 0.3 is 0 Å². The second-order valence-corrected chi connectivity index (χ2v) is 6.35. The molecule has 0 saturated carbocycles. The van der Waals surface area contributed by atoms with Crippen LogP contribution in [-0.4, -0.2) is 0 Å². The Morgan fingerprint density at radius 1 is 1.05 bits per heavy atom. The summed E-state index contributed by atoms with van der Waals surface area (Å²) in [6.07, 6.45) is 1.58. The number of thioether (sulfide) groups is 1. The Kier molecular flexibility index (Phi) is 4.15. The van der Waals surface area contributed by atoms with E-state index >= 15 is 0 Å². The van der Waals surface area contributed by atoms with Crippen LogP contribution in [0.25, 0.3) is 0 Å². The van der Waals surface area contributed by atoms with E-state index in [-0.39, 0.29) is 5.25 Å². The lowest BCUT2D eigenvalue weighted by Crippen LogP contribution is -2.28. The van der Waals surface area contributed by atoms with Gasteiger partial charge in [0.2, 0.25) is 0 Å². The van der Waals surface area contributed by atoms with Crippen molar-refractivity contribution in [1.82, 2.24) is 0 Å². The smallest absolute Gasteiger partial charge is 0.252 e. The molecule has 0 N–H and O–H groups in total. The molecule has 0 aliphatic heterocycles. The van der Waals surface area contributed by atoms with E-state index in [2.05, 4.69) is 39.0 Å². The highest BCUT2D eigenvalue weighted by atomic mass is 32.2. The molecule has 0 radical (unpaired) electrons. The van der Waals surface area contributed by atoms with Crippen LogP contribution in [0.15, 0.2) is 41.6 Å². The van der Waals surface area contributed by atoms with Crippen LogP contribution < -0.4 is 4.73 Å². The fourth-order valence-corrected chi connectivity index (χ4v) is 3.26. The minimum Gasteiger partial charge on any atom is -0.618 e. The first-order valence-electron chi connectivity index (χ1n) is 6.41. The average Bonchev–Trinajstić information content (AvgIpc) is 2.36. The average molecular weight is 273 g/mol. The molecule has 0 amide bonds. The molecule has 1 aromatic carbocycles. The predicted molar refractivity (Wildman–Crippen MR) is 80.3 cm³/mol. The van der Waals surface area contributed by atoms with Gasteiger partial charge in [-0.05, 0) is 56.1 Å². The number of aryl methyl sites for hydroxylation is 3. The molecule has 0 saturated heterocycles. The zero-order chi connectivity index (χ0) is 14.0. The number of hydrogen-bond acceptors (Lipinski definition) is 2. The molecule has 1 unspecified atom stereocenters. The normalized spacial score (nSPS) is 12.4. The highest BCUT2D eigenvalue weighted by molar-refractivity contribution is 7.99. The SMILES string of the molecule is Cc1ccc(C)c(C(C)Sc2cc(C)cc[n+]2[O-])c1. The van der Waals surface area contributed by atoms with Crippen molar-refractivity contribution >= 4 is 11.8 Å². The van der Waals surface area contributed by atoms with Crippen molar-refractivity contribution < 1.29 is 4.73 Å². The maximum atomic E-state index is 11.8. The third-order valence-corrected chi connectivity index (χ3v) is 4.36. The van der Waals surface area contributed by atoms with Crippen LogP contribution in [0.5, 0.6) is 0 Å². The molecule has 0 aliphatic carbocycles. The summed E-state index contributed by atoms with van der Waals surface area (Å²) in [7, 11) is 0. The Bertz CT molecular complexity index is 595. The van der Waals surface area contributed by atoms with Gasteiger partial charge in [-0.3, -0.25) is 0 Å². The highest BCUT2D eigenvalue weighted by Crippen LogP contribution is 2.35. The minimum absolute atomic E-state index is 0.266. The van der Waals surface area contributed by atoms with Gasteiger partial charge in [0.15, 0.2) is 6.20 Å². The van der Waals surface area contributed by atoms with E-state index in [9.17, 15) is 5.21 Å². The third kappa shape index (κ3) is 3.29. The molecule has 3 heteroatoms. The standard InChI is InChI=1S/C16H19NOS/c1-11-5-6-13(3)15(9-11)14(4)19-16-10-12(2)7-8-17(16)18/h5-10,14H,1-4H3. The summed E-state index contributed by atoms with van der Waals surface area (Å²) in [5.41, 5.74) is 4.94. The molecule has 0 spiro atoms. The molecular formula is C16H19NOS. The molecular weight excluding hydrogens is 254 g/mol. The van der Waals surface area contributed by atoms with Gasteiger partial charge in [-0.15, -0.1) is 0 Å². The molecule has 2 rings (SSSR count). The number of benzene rings is 1. The van der Waals surface area contributed by atoms with Gasteiger partial charge in [0.25, 0.3) is 5.03 Å². The number of aromatic nitrogens is 1. The summed E-state index contributed by atoms with van der Waals surface area (Å²) in [5, 5.41) is 12.8. The Morgan fingerprint density at radius 2 is 1.74 bits per heavy atom. The van der Waals surface area contributed by atoms with E-state index in [0.29, 0.717) is 0 Å². The van der Waals surface area contributed by atoms with Gasteiger partial charge in [-0.2, -0.15) is 4.73 Å². The Labute approximate surface area is 119 Å². The monoisotopic (exact) mass is 273 g/mol. The topological polar surface area (TPSA) is 26.9 Å². The first-order chi connectivity index (χ1) is 8.97. The fraction of sp³-hybridized carbons (Fsp3) is 0.312. The quantitative estimate of drug-likeness (QED) is 0.478. The molecule has 100 valence electrons. The molecule has 1 heterocycles. The lowest BCUT2D eigenvalue weighted by molar-refractivity contribution is -0.645. The lowest BCUT2D eigenvalue weighted by atomic mass is 10.0. The molecule has 1 atom stereocenters. The van der Waals surface area contributed by atoms with E-state index in [1.54, 1.807) is 18.0 Å². The van der Waals surface area contributed by atoms with Crippen molar-refractivity contribution in [2.24, 2.45) is 0 Å². The second kappa shape index (κ2) is 5.66. The summed E-state index contributed by atoms with van der Waals surface area (Å²) in [6.45, 7) is 8.37. The van der Waals surface area contributed by atoms with E-state index in [1.807, 2.05) is 19.1 Å². The summed E-state index contributed by atoms with van der Waals surface area (Å²) in [5.74, 6) is 0. The largest absolute Gasteiger partial charge is 0.618 e. The van der Waals surface area contributed by atoms with Crippen molar-refractivity contribution in [1.29, 1.82) is 0 Å². The number of nitrogens with zero attached hydrogens (tertiary/aromatic N) is 1. The zero-order valence-corrected chi connectivity index (χ0v) is 12.6. The molecule has 2 nitrogen and oxygen atoms in total. The number of hydrogen-bond donors (Lipinski definition) is 0.